The molecule has 2 unspecified atom stereocenters. The van der Waals surface area contributed by atoms with Crippen LogP contribution in [0.25, 0.3) is 0 Å². The Hall–Kier alpha value is -0.601. The van der Waals surface area contributed by atoms with E-state index < -0.39 is 0 Å². The molecule has 0 radical (unpaired) electrons. The van der Waals surface area contributed by atoms with E-state index >= 15 is 0 Å². The van der Waals surface area contributed by atoms with Gasteiger partial charge in [-0.25, -0.2) is 0 Å². The average molecular weight is 405 g/mol. The standard InChI is InChI=1S/C22H34N2Se/c1-19(2)12-11-18(21(5,6)23-19)25-17-10-8-9-16(15-17)22(7)14-13-20(3,4)24-22/h8-12,15,18,23-24H,13-14H2,1-7H3. The maximum atomic E-state index is 3.86. The van der Waals surface area contributed by atoms with Crippen LogP contribution in [0.1, 0.15) is 66.9 Å². The van der Waals surface area contributed by atoms with E-state index in [1.807, 2.05) is 0 Å². The van der Waals surface area contributed by atoms with Gasteiger partial charge in [-0.05, 0) is 0 Å². The molecule has 1 saturated heterocycles. The van der Waals surface area contributed by atoms with E-state index in [1.165, 1.54) is 22.9 Å². The van der Waals surface area contributed by atoms with Crippen LogP contribution < -0.4 is 15.1 Å². The van der Waals surface area contributed by atoms with Gasteiger partial charge in [0.2, 0.25) is 0 Å². The summed E-state index contributed by atoms with van der Waals surface area (Å²) in [6, 6.07) is 9.33. The Bertz CT molecular complexity index is 674. The zero-order valence-electron chi connectivity index (χ0n) is 16.9. The minimum absolute atomic E-state index is 0.0881. The molecule has 1 fully saturated rings. The first kappa shape index (κ1) is 19.2. The maximum absolute atomic E-state index is 3.86. The molecule has 3 rings (SSSR count). The molecule has 0 amide bonds. The van der Waals surface area contributed by atoms with E-state index in [4.69, 9.17) is 0 Å². The van der Waals surface area contributed by atoms with Crippen LogP contribution in [0.2, 0.25) is 4.82 Å². The molecular formula is C22H34N2Se. The summed E-state index contributed by atoms with van der Waals surface area (Å²) in [6.45, 7) is 16.2. The summed E-state index contributed by atoms with van der Waals surface area (Å²) in [5.74, 6) is 0. The van der Waals surface area contributed by atoms with Gasteiger partial charge in [-0.1, -0.05) is 0 Å². The van der Waals surface area contributed by atoms with E-state index in [9.17, 15) is 0 Å². The molecule has 2 nitrogen and oxygen atoms in total. The number of hydrogen-bond acceptors (Lipinski definition) is 2. The molecule has 0 aromatic heterocycles. The fourth-order valence-electron chi connectivity index (χ4n) is 4.41. The van der Waals surface area contributed by atoms with Gasteiger partial charge in [0.1, 0.15) is 0 Å². The molecular weight excluding hydrogens is 371 g/mol. The predicted molar refractivity (Wildman–Crippen MR) is 110 cm³/mol. The molecule has 2 N–H and O–H groups in total. The monoisotopic (exact) mass is 406 g/mol. The Labute approximate surface area is 160 Å². The topological polar surface area (TPSA) is 24.1 Å². The van der Waals surface area contributed by atoms with Crippen LogP contribution in [0.15, 0.2) is 36.4 Å². The molecule has 1 aromatic rings. The Balaban J connectivity index is 1.81. The second kappa shape index (κ2) is 6.23. The first-order valence-electron chi connectivity index (χ1n) is 9.46. The Morgan fingerprint density at radius 2 is 1.68 bits per heavy atom. The molecule has 1 aromatic carbocycles. The van der Waals surface area contributed by atoms with Crippen molar-refractivity contribution in [1.82, 2.24) is 10.6 Å². The summed E-state index contributed by atoms with van der Waals surface area (Å²) in [5.41, 5.74) is 2.01. The SMILES string of the molecule is CC1(C)C=CC([Se]c2cccc(C3(C)CCC(C)(C)N3)c2)C(C)(C)N1. The molecule has 25 heavy (non-hydrogen) atoms. The Morgan fingerprint density at radius 1 is 0.960 bits per heavy atom. The van der Waals surface area contributed by atoms with Gasteiger partial charge >= 0.3 is 160 Å². The summed E-state index contributed by atoms with van der Waals surface area (Å²) < 4.78 is 1.50. The Morgan fingerprint density at radius 3 is 2.28 bits per heavy atom. The molecule has 3 heteroatoms. The van der Waals surface area contributed by atoms with Crippen LogP contribution in [0.5, 0.6) is 0 Å². The van der Waals surface area contributed by atoms with Crippen molar-refractivity contribution in [1.29, 1.82) is 0 Å². The van der Waals surface area contributed by atoms with Crippen molar-refractivity contribution < 1.29 is 0 Å². The van der Waals surface area contributed by atoms with E-state index in [1.54, 1.807) is 0 Å². The van der Waals surface area contributed by atoms with E-state index in [0.29, 0.717) is 19.8 Å². The van der Waals surface area contributed by atoms with Crippen molar-refractivity contribution in [3.05, 3.63) is 42.0 Å². The van der Waals surface area contributed by atoms with Crippen LogP contribution >= 0.6 is 0 Å². The van der Waals surface area contributed by atoms with Crippen LogP contribution in [0.3, 0.4) is 0 Å². The van der Waals surface area contributed by atoms with Crippen molar-refractivity contribution in [2.24, 2.45) is 0 Å². The van der Waals surface area contributed by atoms with Crippen LogP contribution in [0, 0.1) is 0 Å². The molecule has 0 bridgehead atoms. The molecule has 0 aliphatic carbocycles. The predicted octanol–water partition coefficient (Wildman–Crippen LogP) is 3.90. The third-order valence-electron chi connectivity index (χ3n) is 5.64. The molecule has 138 valence electrons. The first-order valence-corrected chi connectivity index (χ1v) is 11.3. The molecule has 0 spiro atoms. The normalized spacial score (nSPS) is 32.7. The fraction of sp³-hybridized carbons (Fsp3) is 0.636. The van der Waals surface area contributed by atoms with Crippen LogP contribution in [-0.4, -0.2) is 31.6 Å². The third kappa shape index (κ3) is 4.22. The molecule has 2 heterocycles. The van der Waals surface area contributed by atoms with Gasteiger partial charge in [0, 0.05) is 0 Å². The molecule has 2 aliphatic rings. The first-order chi connectivity index (χ1) is 11.4. The summed E-state index contributed by atoms with van der Waals surface area (Å²) >= 11 is 0.421. The van der Waals surface area contributed by atoms with Gasteiger partial charge in [-0.3, -0.25) is 0 Å². The second-order valence-corrected chi connectivity index (χ2v) is 12.4. The number of hydrogen-bond donors (Lipinski definition) is 2. The van der Waals surface area contributed by atoms with E-state index in [0.717, 1.165) is 0 Å². The van der Waals surface area contributed by atoms with E-state index in [-0.39, 0.29) is 22.2 Å². The van der Waals surface area contributed by atoms with Gasteiger partial charge in [0.05, 0.1) is 0 Å². The number of nitrogens with one attached hydrogen (secondary N) is 2. The van der Waals surface area contributed by atoms with Crippen LogP contribution in [-0.2, 0) is 5.54 Å². The van der Waals surface area contributed by atoms with E-state index in [2.05, 4.69) is 95.5 Å². The summed E-state index contributed by atoms with van der Waals surface area (Å²) in [6.07, 6.45) is 7.23. The minimum atomic E-state index is 0.0881. The van der Waals surface area contributed by atoms with Crippen molar-refractivity contribution in [3.8, 4) is 0 Å². The summed E-state index contributed by atoms with van der Waals surface area (Å²) in [5, 5.41) is 7.67. The quantitative estimate of drug-likeness (QED) is 0.589. The van der Waals surface area contributed by atoms with Crippen LogP contribution in [0.4, 0.5) is 0 Å². The van der Waals surface area contributed by atoms with Crippen molar-refractivity contribution in [2.75, 3.05) is 0 Å². The van der Waals surface area contributed by atoms with Gasteiger partial charge < -0.3 is 0 Å². The van der Waals surface area contributed by atoms with Gasteiger partial charge in [0.25, 0.3) is 0 Å². The summed E-state index contributed by atoms with van der Waals surface area (Å²) in [4.78, 5) is 0.573. The average Bonchev–Trinajstić information content (AvgIpc) is 2.76. The van der Waals surface area contributed by atoms with Gasteiger partial charge in [0.15, 0.2) is 0 Å². The zero-order chi connectivity index (χ0) is 18.5. The van der Waals surface area contributed by atoms with Crippen molar-refractivity contribution in [3.63, 3.8) is 0 Å². The number of rotatable bonds is 3. The summed E-state index contributed by atoms with van der Waals surface area (Å²) in [7, 11) is 0. The molecule has 0 saturated carbocycles. The molecule has 2 aliphatic heterocycles. The third-order valence-corrected chi connectivity index (χ3v) is 8.84. The van der Waals surface area contributed by atoms with Crippen molar-refractivity contribution >= 4 is 19.4 Å². The Kier molecular flexibility index (Phi) is 4.78. The van der Waals surface area contributed by atoms with Gasteiger partial charge in [-0.2, -0.15) is 0 Å². The zero-order valence-corrected chi connectivity index (χ0v) is 18.6. The van der Waals surface area contributed by atoms with Gasteiger partial charge in [-0.15, -0.1) is 0 Å². The molecule has 2 atom stereocenters. The van der Waals surface area contributed by atoms with Crippen molar-refractivity contribution in [2.45, 2.75) is 88.3 Å². The fourth-order valence-corrected chi connectivity index (χ4v) is 6.83. The second-order valence-electron chi connectivity index (χ2n) is 9.83. The number of benzene rings is 1.